The molecule has 1 aliphatic rings. The first-order chi connectivity index (χ1) is 13.7. The number of hydrogen-bond donors (Lipinski definition) is 1. The summed E-state index contributed by atoms with van der Waals surface area (Å²) in [7, 11) is 0. The van der Waals surface area contributed by atoms with Gasteiger partial charge in [0.15, 0.2) is 4.77 Å². The first-order valence-corrected chi connectivity index (χ1v) is 9.90. The Labute approximate surface area is 168 Å². The van der Waals surface area contributed by atoms with Crippen molar-refractivity contribution in [3.8, 4) is 5.69 Å². The topological polar surface area (TPSA) is 51.4 Å². The van der Waals surface area contributed by atoms with Crippen LogP contribution in [0.25, 0.3) is 5.69 Å². The summed E-state index contributed by atoms with van der Waals surface area (Å²) in [5.74, 6) is 1.88. The number of benzene rings is 2. The van der Waals surface area contributed by atoms with Crippen LogP contribution in [0.1, 0.15) is 40.8 Å². The van der Waals surface area contributed by atoms with E-state index in [0.29, 0.717) is 16.6 Å². The van der Waals surface area contributed by atoms with Crippen molar-refractivity contribution in [1.82, 2.24) is 24.5 Å². The fourth-order valence-corrected chi connectivity index (χ4v) is 4.04. The van der Waals surface area contributed by atoms with Crippen molar-refractivity contribution in [3.63, 3.8) is 0 Å². The van der Waals surface area contributed by atoms with Crippen LogP contribution >= 0.6 is 12.2 Å². The number of hydrogen-bond acceptors (Lipinski definition) is 3. The minimum Gasteiger partial charge on any atom is -0.269 e. The molecule has 1 saturated carbocycles. The lowest BCUT2D eigenvalue weighted by molar-refractivity contribution is 0.686. The van der Waals surface area contributed by atoms with Crippen LogP contribution in [0.5, 0.6) is 0 Å². The maximum atomic E-state index is 5.52. The number of nitrogens with zero attached hydrogens (tertiary/aromatic N) is 4. The van der Waals surface area contributed by atoms with Gasteiger partial charge in [-0.25, -0.2) is 0 Å². The van der Waals surface area contributed by atoms with Gasteiger partial charge in [-0.15, -0.1) is 0 Å². The normalized spacial score (nSPS) is 18.3. The predicted octanol–water partition coefficient (Wildman–Crippen LogP) is 4.75. The van der Waals surface area contributed by atoms with Crippen molar-refractivity contribution in [1.29, 1.82) is 0 Å². The van der Waals surface area contributed by atoms with Gasteiger partial charge < -0.3 is 0 Å². The van der Waals surface area contributed by atoms with E-state index in [2.05, 4.69) is 58.6 Å². The summed E-state index contributed by atoms with van der Waals surface area (Å²) in [5, 5.41) is 12.0. The highest BCUT2D eigenvalue weighted by molar-refractivity contribution is 7.71. The van der Waals surface area contributed by atoms with E-state index >= 15 is 0 Å². The molecule has 0 bridgehead atoms. The fraction of sp³-hybridized carbons (Fsp3) is 0.227. The van der Waals surface area contributed by atoms with Crippen LogP contribution < -0.4 is 0 Å². The third kappa shape index (κ3) is 3.20. The lowest BCUT2D eigenvalue weighted by Gasteiger charge is -2.05. The highest BCUT2D eigenvalue weighted by Crippen LogP contribution is 2.54. The summed E-state index contributed by atoms with van der Waals surface area (Å²) in [4.78, 5) is 0. The van der Waals surface area contributed by atoms with Crippen LogP contribution in [0.2, 0.25) is 0 Å². The van der Waals surface area contributed by atoms with E-state index in [0.717, 1.165) is 24.5 Å². The van der Waals surface area contributed by atoms with E-state index in [1.54, 1.807) is 0 Å². The molecule has 5 nitrogen and oxygen atoms in total. The molecule has 0 radical (unpaired) electrons. The molecule has 0 saturated heterocycles. The first kappa shape index (κ1) is 17.1. The zero-order valence-electron chi connectivity index (χ0n) is 15.6. The van der Waals surface area contributed by atoms with Gasteiger partial charge in [-0.1, -0.05) is 60.2 Å². The Kier molecular flexibility index (Phi) is 4.20. The molecule has 0 aliphatic heterocycles. The van der Waals surface area contributed by atoms with Crippen molar-refractivity contribution in [2.45, 2.75) is 31.7 Å². The van der Waals surface area contributed by atoms with E-state index < -0.39 is 0 Å². The van der Waals surface area contributed by atoms with Crippen LogP contribution in [0.15, 0.2) is 67.0 Å². The van der Waals surface area contributed by atoms with Gasteiger partial charge in [-0.05, 0) is 42.6 Å². The zero-order valence-corrected chi connectivity index (χ0v) is 16.4. The van der Waals surface area contributed by atoms with Crippen molar-refractivity contribution >= 4 is 12.2 Å². The largest absolute Gasteiger partial charge is 0.269 e. The Hall–Kier alpha value is -2.99. The average molecular weight is 388 g/mol. The molecule has 0 amide bonds. The summed E-state index contributed by atoms with van der Waals surface area (Å²) in [5.41, 5.74) is 4.83. The molecule has 5 rings (SSSR count). The van der Waals surface area contributed by atoms with Gasteiger partial charge in [0.2, 0.25) is 0 Å². The number of H-pyrrole nitrogens is 1. The van der Waals surface area contributed by atoms with E-state index in [4.69, 9.17) is 12.2 Å². The van der Waals surface area contributed by atoms with Gasteiger partial charge in [0.25, 0.3) is 0 Å². The minimum absolute atomic E-state index is 0.383. The van der Waals surface area contributed by atoms with E-state index in [-0.39, 0.29) is 0 Å². The SMILES string of the molecule is Cc1ccc([C@@H]2C[C@@H]2c2n[nH]c(=S)n2-c2cnn(Cc3ccccc3)c2)cc1. The number of aryl methyl sites for hydroxylation is 1. The van der Waals surface area contributed by atoms with Gasteiger partial charge in [0, 0.05) is 12.1 Å². The molecular formula is C22H21N5S. The Morgan fingerprint density at radius 3 is 2.64 bits per heavy atom. The molecule has 140 valence electrons. The highest BCUT2D eigenvalue weighted by Gasteiger charge is 2.43. The number of rotatable bonds is 5. The highest BCUT2D eigenvalue weighted by atomic mass is 32.1. The number of aromatic amines is 1. The van der Waals surface area contributed by atoms with E-state index in [1.165, 1.54) is 16.7 Å². The summed E-state index contributed by atoms with van der Waals surface area (Å²) in [6.45, 7) is 2.85. The molecule has 4 aromatic rings. The van der Waals surface area contributed by atoms with Gasteiger partial charge in [-0.2, -0.15) is 10.2 Å². The van der Waals surface area contributed by atoms with Crippen molar-refractivity contribution in [3.05, 3.63) is 94.3 Å². The maximum absolute atomic E-state index is 5.52. The molecule has 2 heterocycles. The number of aromatic nitrogens is 5. The molecule has 2 aromatic carbocycles. The van der Waals surface area contributed by atoms with Crippen molar-refractivity contribution in [2.75, 3.05) is 0 Å². The summed E-state index contributed by atoms with van der Waals surface area (Å²) in [6.07, 6.45) is 4.99. The van der Waals surface area contributed by atoms with Crippen LogP contribution in [0.3, 0.4) is 0 Å². The van der Waals surface area contributed by atoms with Crippen LogP contribution in [-0.2, 0) is 6.54 Å². The van der Waals surface area contributed by atoms with Gasteiger partial charge in [0.05, 0.1) is 18.4 Å². The lowest BCUT2D eigenvalue weighted by atomic mass is 10.1. The second-order valence-electron chi connectivity index (χ2n) is 7.46. The van der Waals surface area contributed by atoms with Gasteiger partial charge >= 0.3 is 0 Å². The van der Waals surface area contributed by atoms with Crippen molar-refractivity contribution in [2.24, 2.45) is 0 Å². The molecule has 28 heavy (non-hydrogen) atoms. The molecular weight excluding hydrogens is 366 g/mol. The summed E-state index contributed by atoms with van der Waals surface area (Å²) in [6, 6.07) is 19.1. The smallest absolute Gasteiger partial charge is 0.199 e. The molecule has 1 aliphatic carbocycles. The fourth-order valence-electron chi connectivity index (χ4n) is 3.79. The van der Waals surface area contributed by atoms with Crippen molar-refractivity contribution < 1.29 is 0 Å². The van der Waals surface area contributed by atoms with Gasteiger partial charge in [0.1, 0.15) is 5.82 Å². The van der Waals surface area contributed by atoms with E-state index in [1.807, 2.05) is 39.8 Å². The molecule has 0 spiro atoms. The molecule has 2 aromatic heterocycles. The average Bonchev–Trinajstić information content (AvgIpc) is 3.21. The molecule has 0 unspecified atom stereocenters. The second kappa shape index (κ2) is 6.87. The Morgan fingerprint density at radius 1 is 1.07 bits per heavy atom. The zero-order chi connectivity index (χ0) is 19.1. The minimum atomic E-state index is 0.383. The lowest BCUT2D eigenvalue weighted by Crippen LogP contribution is -2.01. The standard InChI is InChI=1S/C22H21N5S/c1-15-7-9-17(10-8-15)19-11-20(19)21-24-25-22(28)27(21)18-12-23-26(14-18)13-16-5-3-2-4-6-16/h2-10,12,14,19-20H,11,13H2,1H3,(H,25,28)/t19-,20-/m0/s1. The number of nitrogens with one attached hydrogen (secondary N) is 1. The van der Waals surface area contributed by atoms with Gasteiger partial charge in [-0.3, -0.25) is 14.3 Å². The second-order valence-corrected chi connectivity index (χ2v) is 7.85. The van der Waals surface area contributed by atoms with Crippen LogP contribution in [0, 0.1) is 11.7 Å². The Morgan fingerprint density at radius 2 is 1.86 bits per heavy atom. The first-order valence-electron chi connectivity index (χ1n) is 9.49. The monoisotopic (exact) mass is 387 g/mol. The molecule has 1 N–H and O–H groups in total. The quantitative estimate of drug-likeness (QED) is 0.503. The molecule has 6 heteroatoms. The third-order valence-corrected chi connectivity index (χ3v) is 5.66. The van der Waals surface area contributed by atoms with Crippen LogP contribution in [-0.4, -0.2) is 24.5 Å². The third-order valence-electron chi connectivity index (χ3n) is 5.39. The summed E-state index contributed by atoms with van der Waals surface area (Å²) < 4.78 is 4.58. The molecule has 1 fully saturated rings. The predicted molar refractivity (Wildman–Crippen MR) is 111 cm³/mol. The Bertz CT molecular complexity index is 1150. The molecule has 2 atom stereocenters. The van der Waals surface area contributed by atoms with E-state index in [9.17, 15) is 0 Å². The Balaban J connectivity index is 1.41. The summed E-state index contributed by atoms with van der Waals surface area (Å²) >= 11 is 5.52. The van der Waals surface area contributed by atoms with Crippen LogP contribution in [0.4, 0.5) is 0 Å². The maximum Gasteiger partial charge on any atom is 0.199 e.